The average Bonchev–Trinajstić information content (AvgIpc) is 3.08. The predicted octanol–water partition coefficient (Wildman–Crippen LogP) is 7.46. The van der Waals surface area contributed by atoms with Gasteiger partial charge in [-0.15, -0.1) is 0 Å². The maximum atomic E-state index is 12.9. The number of hydrogen-bond donors (Lipinski definition) is 0. The lowest BCUT2D eigenvalue weighted by molar-refractivity contribution is -0.122. The summed E-state index contributed by atoms with van der Waals surface area (Å²) in [7, 11) is 0. The fraction of sp³-hybridized carbons (Fsp3) is 0.154. The lowest BCUT2D eigenvalue weighted by Gasteiger charge is -2.12. The molecule has 0 aliphatic carbocycles. The second-order valence-corrected chi connectivity index (χ2v) is 10.3. The number of thioether (sulfide) groups is 1. The van der Waals surface area contributed by atoms with Gasteiger partial charge in [0, 0.05) is 21.1 Å². The molecule has 0 atom stereocenters. The molecule has 1 heterocycles. The minimum Gasteiger partial charge on any atom is -0.488 e. The van der Waals surface area contributed by atoms with E-state index in [-0.39, 0.29) is 11.1 Å². The molecule has 7 heteroatoms. The number of halogens is 2. The van der Waals surface area contributed by atoms with Gasteiger partial charge in [-0.1, -0.05) is 74.3 Å². The van der Waals surface area contributed by atoms with Crippen molar-refractivity contribution in [3.8, 4) is 5.75 Å². The number of amides is 2. The van der Waals surface area contributed by atoms with Crippen LogP contribution in [-0.2, 0) is 17.8 Å². The normalized spacial score (nSPS) is 14.8. The van der Waals surface area contributed by atoms with Crippen molar-refractivity contribution in [2.24, 2.45) is 0 Å². The Morgan fingerprint density at radius 1 is 0.879 bits per heavy atom. The molecule has 1 aliphatic rings. The minimum absolute atomic E-state index is 0.230. The van der Waals surface area contributed by atoms with Crippen LogP contribution in [0.5, 0.6) is 5.75 Å². The number of nitrogens with zero attached hydrogens (tertiary/aromatic N) is 1. The van der Waals surface area contributed by atoms with Gasteiger partial charge in [0.1, 0.15) is 12.4 Å². The van der Waals surface area contributed by atoms with Gasteiger partial charge in [0.15, 0.2) is 0 Å². The Labute approximate surface area is 214 Å². The van der Waals surface area contributed by atoms with Crippen LogP contribution in [0.4, 0.5) is 4.79 Å². The standard InChI is InChI=1S/C26H21Br2NO3S/c27-21-10-8-19(9-11-21)17-32-23-13-12-22(28)15-20(23)16-24-25(30)29(26(31)33-24)14-4-7-18-5-2-1-3-6-18/h1-3,5-6,8-13,15-16H,4,7,14,17H2/b24-16+. The molecular formula is C26H21Br2NO3S. The van der Waals surface area contributed by atoms with Gasteiger partial charge in [-0.3, -0.25) is 14.5 Å². The molecule has 0 radical (unpaired) electrons. The van der Waals surface area contributed by atoms with Gasteiger partial charge < -0.3 is 4.74 Å². The first-order chi connectivity index (χ1) is 16.0. The third-order valence-corrected chi connectivity index (χ3v) is 7.06. The first-order valence-electron chi connectivity index (χ1n) is 10.5. The van der Waals surface area contributed by atoms with Gasteiger partial charge >= 0.3 is 0 Å². The summed E-state index contributed by atoms with van der Waals surface area (Å²) < 4.78 is 7.91. The molecule has 2 amide bonds. The van der Waals surface area contributed by atoms with Crippen molar-refractivity contribution in [3.05, 3.63) is 103 Å². The summed E-state index contributed by atoms with van der Waals surface area (Å²) in [4.78, 5) is 27.2. The molecule has 3 aromatic carbocycles. The SMILES string of the molecule is O=C1S/C(=C/c2cc(Br)ccc2OCc2ccc(Br)cc2)C(=O)N1CCCc1ccccc1. The van der Waals surface area contributed by atoms with E-state index in [2.05, 4.69) is 44.0 Å². The summed E-state index contributed by atoms with van der Waals surface area (Å²) in [6, 6.07) is 23.6. The number of rotatable bonds is 8. The van der Waals surface area contributed by atoms with Gasteiger partial charge in [-0.25, -0.2) is 0 Å². The van der Waals surface area contributed by atoms with E-state index in [0.717, 1.165) is 44.7 Å². The molecule has 33 heavy (non-hydrogen) atoms. The first kappa shape index (κ1) is 23.8. The maximum Gasteiger partial charge on any atom is 0.293 e. The zero-order valence-corrected chi connectivity index (χ0v) is 21.7. The van der Waals surface area contributed by atoms with Gasteiger partial charge in [0.25, 0.3) is 11.1 Å². The zero-order valence-electron chi connectivity index (χ0n) is 17.7. The second-order valence-electron chi connectivity index (χ2n) is 7.52. The number of benzene rings is 3. The van der Waals surface area contributed by atoms with Gasteiger partial charge in [0.2, 0.25) is 0 Å². The largest absolute Gasteiger partial charge is 0.488 e. The lowest BCUT2D eigenvalue weighted by atomic mass is 10.1. The Kier molecular flexibility index (Phi) is 8.06. The van der Waals surface area contributed by atoms with Crippen LogP contribution in [0.2, 0.25) is 0 Å². The smallest absolute Gasteiger partial charge is 0.293 e. The topological polar surface area (TPSA) is 46.6 Å². The first-order valence-corrected chi connectivity index (χ1v) is 12.9. The van der Waals surface area contributed by atoms with E-state index in [1.54, 1.807) is 6.08 Å². The summed E-state index contributed by atoms with van der Waals surface area (Å²) >= 11 is 7.89. The van der Waals surface area contributed by atoms with Crippen molar-refractivity contribution in [3.63, 3.8) is 0 Å². The molecule has 0 N–H and O–H groups in total. The molecule has 1 fully saturated rings. The molecule has 0 bridgehead atoms. The number of carbonyl (C=O) groups is 2. The highest BCUT2D eigenvalue weighted by Gasteiger charge is 2.34. The van der Waals surface area contributed by atoms with E-state index in [1.165, 1.54) is 10.5 Å². The molecule has 1 aliphatic heterocycles. The highest BCUT2D eigenvalue weighted by atomic mass is 79.9. The fourth-order valence-electron chi connectivity index (χ4n) is 3.43. The molecule has 0 unspecified atom stereocenters. The number of ether oxygens (including phenoxy) is 1. The van der Waals surface area contributed by atoms with Crippen molar-refractivity contribution < 1.29 is 14.3 Å². The number of hydrogen-bond acceptors (Lipinski definition) is 4. The van der Waals surface area contributed by atoms with E-state index in [4.69, 9.17) is 4.74 Å². The van der Waals surface area contributed by atoms with E-state index < -0.39 is 0 Å². The quantitative estimate of drug-likeness (QED) is 0.257. The van der Waals surface area contributed by atoms with E-state index in [1.807, 2.05) is 60.7 Å². The molecule has 4 nitrogen and oxygen atoms in total. The molecule has 4 rings (SSSR count). The number of imide groups is 1. The molecule has 3 aromatic rings. The van der Waals surface area contributed by atoms with Crippen LogP contribution < -0.4 is 4.74 Å². The van der Waals surface area contributed by atoms with E-state index in [0.29, 0.717) is 23.8 Å². The lowest BCUT2D eigenvalue weighted by Crippen LogP contribution is -2.29. The van der Waals surface area contributed by atoms with Crippen molar-refractivity contribution in [2.45, 2.75) is 19.4 Å². The molecule has 0 aromatic heterocycles. The second kappa shape index (κ2) is 11.2. The Balaban J connectivity index is 1.45. The Morgan fingerprint density at radius 3 is 2.36 bits per heavy atom. The summed E-state index contributed by atoms with van der Waals surface area (Å²) in [5, 5.41) is -0.230. The van der Waals surface area contributed by atoms with Crippen LogP contribution in [0, 0.1) is 0 Å². The van der Waals surface area contributed by atoms with Crippen molar-refractivity contribution in [1.29, 1.82) is 0 Å². The minimum atomic E-state index is -0.253. The van der Waals surface area contributed by atoms with Crippen molar-refractivity contribution >= 4 is 60.8 Å². The van der Waals surface area contributed by atoms with Crippen LogP contribution >= 0.6 is 43.6 Å². The molecular weight excluding hydrogens is 566 g/mol. The third-order valence-electron chi connectivity index (χ3n) is 5.13. The Bertz CT molecular complexity index is 1180. The van der Waals surface area contributed by atoms with Crippen LogP contribution in [0.15, 0.2) is 86.6 Å². The van der Waals surface area contributed by atoms with Crippen molar-refractivity contribution in [2.75, 3.05) is 6.54 Å². The summed E-state index contributed by atoms with van der Waals surface area (Å²) in [6.45, 7) is 0.805. The van der Waals surface area contributed by atoms with Crippen LogP contribution in [0.25, 0.3) is 6.08 Å². The fourth-order valence-corrected chi connectivity index (χ4v) is 4.92. The maximum absolute atomic E-state index is 12.9. The van der Waals surface area contributed by atoms with Gasteiger partial charge in [-0.2, -0.15) is 0 Å². The van der Waals surface area contributed by atoms with E-state index >= 15 is 0 Å². The zero-order chi connectivity index (χ0) is 23.2. The highest BCUT2D eigenvalue weighted by molar-refractivity contribution is 9.10. The molecule has 0 saturated carbocycles. The number of aryl methyl sites for hydroxylation is 1. The molecule has 168 valence electrons. The number of carbonyl (C=O) groups excluding carboxylic acids is 2. The third kappa shape index (κ3) is 6.37. The van der Waals surface area contributed by atoms with Gasteiger partial charge in [0.05, 0.1) is 4.91 Å². The predicted molar refractivity (Wildman–Crippen MR) is 140 cm³/mol. The average molecular weight is 587 g/mol. The van der Waals surface area contributed by atoms with Crippen molar-refractivity contribution in [1.82, 2.24) is 4.90 Å². The highest BCUT2D eigenvalue weighted by Crippen LogP contribution is 2.35. The van der Waals surface area contributed by atoms with Crippen LogP contribution in [0.1, 0.15) is 23.1 Å². The van der Waals surface area contributed by atoms with Gasteiger partial charge in [-0.05, 0) is 72.1 Å². The van der Waals surface area contributed by atoms with Crippen LogP contribution in [-0.4, -0.2) is 22.6 Å². The summed E-state index contributed by atoms with van der Waals surface area (Å²) in [5.41, 5.74) is 2.98. The summed E-state index contributed by atoms with van der Waals surface area (Å²) in [6.07, 6.45) is 3.29. The molecule has 1 saturated heterocycles. The van der Waals surface area contributed by atoms with E-state index in [9.17, 15) is 9.59 Å². The Morgan fingerprint density at radius 2 is 1.61 bits per heavy atom. The Hall–Kier alpha value is -2.35. The monoisotopic (exact) mass is 585 g/mol. The molecule has 0 spiro atoms. The summed E-state index contributed by atoms with van der Waals surface area (Å²) in [5.74, 6) is 0.397. The van der Waals surface area contributed by atoms with Crippen LogP contribution in [0.3, 0.4) is 0 Å².